The van der Waals surface area contributed by atoms with Crippen LogP contribution in [0, 0.1) is 10.1 Å². The van der Waals surface area contributed by atoms with E-state index in [0.717, 1.165) is 4.47 Å². The number of hydrogen-bond acceptors (Lipinski definition) is 7. The zero-order valence-electron chi connectivity index (χ0n) is 17.7. The predicted molar refractivity (Wildman–Crippen MR) is 126 cm³/mol. The van der Waals surface area contributed by atoms with Crippen LogP contribution in [0.25, 0.3) is 10.9 Å². The highest BCUT2D eigenvalue weighted by Crippen LogP contribution is 2.38. The van der Waals surface area contributed by atoms with Gasteiger partial charge in [0.15, 0.2) is 5.75 Å². The Labute approximate surface area is 192 Å². The van der Waals surface area contributed by atoms with E-state index in [1.54, 1.807) is 18.2 Å². The van der Waals surface area contributed by atoms with E-state index in [1.165, 1.54) is 30.1 Å². The average molecular weight is 501 g/mol. The first-order chi connectivity index (χ1) is 15.3. The van der Waals surface area contributed by atoms with Gasteiger partial charge in [-0.2, -0.15) is 9.78 Å². The number of methoxy groups -OCH3 is 1. The molecule has 0 unspecified atom stereocenters. The van der Waals surface area contributed by atoms with Crippen LogP contribution in [0.4, 0.5) is 5.69 Å². The first kappa shape index (κ1) is 23.1. The maximum atomic E-state index is 13.1. The van der Waals surface area contributed by atoms with Crippen LogP contribution in [-0.2, 0) is 0 Å². The fourth-order valence-corrected chi connectivity index (χ4v) is 3.39. The highest BCUT2D eigenvalue weighted by Gasteiger charge is 2.22. The second-order valence-corrected chi connectivity index (χ2v) is 7.99. The third-order valence-corrected chi connectivity index (χ3v) is 4.99. The molecular formula is C22H21BrN4O5. The molecule has 0 aliphatic heterocycles. The van der Waals surface area contributed by atoms with E-state index in [4.69, 9.17) is 9.47 Å². The number of halogens is 1. The Kier molecular flexibility index (Phi) is 7.04. The van der Waals surface area contributed by atoms with Crippen LogP contribution >= 0.6 is 15.9 Å². The third kappa shape index (κ3) is 4.70. The zero-order valence-corrected chi connectivity index (χ0v) is 19.3. The summed E-state index contributed by atoms with van der Waals surface area (Å²) in [4.78, 5) is 28.7. The van der Waals surface area contributed by atoms with Crippen molar-refractivity contribution in [1.82, 2.24) is 9.66 Å². The number of aromatic nitrogens is 2. The molecule has 0 atom stereocenters. The lowest BCUT2D eigenvalue weighted by atomic mass is 10.1. The van der Waals surface area contributed by atoms with Gasteiger partial charge in [0.1, 0.15) is 12.4 Å². The summed E-state index contributed by atoms with van der Waals surface area (Å²) >= 11 is 3.37. The zero-order chi connectivity index (χ0) is 23.4. The molecule has 0 radical (unpaired) electrons. The Bertz CT molecular complexity index is 1280. The van der Waals surface area contributed by atoms with Crippen LogP contribution in [0.2, 0.25) is 0 Å². The highest BCUT2D eigenvalue weighted by atomic mass is 79.9. The molecule has 32 heavy (non-hydrogen) atoms. The monoisotopic (exact) mass is 500 g/mol. The predicted octanol–water partition coefficient (Wildman–Crippen LogP) is 4.65. The van der Waals surface area contributed by atoms with Crippen molar-refractivity contribution in [3.8, 4) is 11.5 Å². The third-order valence-electron chi connectivity index (χ3n) is 4.49. The Morgan fingerprint density at radius 2 is 2.09 bits per heavy atom. The van der Waals surface area contributed by atoms with Crippen LogP contribution < -0.4 is 15.0 Å². The molecule has 2 aromatic carbocycles. The minimum atomic E-state index is -0.570. The van der Waals surface area contributed by atoms with E-state index < -0.39 is 4.92 Å². The maximum absolute atomic E-state index is 13.1. The molecule has 3 aromatic rings. The minimum Gasteiger partial charge on any atom is -0.493 e. The summed E-state index contributed by atoms with van der Waals surface area (Å²) in [5.74, 6) is 0.534. The largest absolute Gasteiger partial charge is 0.493 e. The van der Waals surface area contributed by atoms with Crippen LogP contribution in [0.5, 0.6) is 11.5 Å². The SMILES string of the molecule is C=CCOc1c(OC)cc(C=Nn2c(C(C)C)nc3ccc(Br)cc3c2=O)cc1[N+](=O)[O-]. The summed E-state index contributed by atoms with van der Waals surface area (Å²) in [6, 6.07) is 8.10. The summed E-state index contributed by atoms with van der Waals surface area (Å²) in [7, 11) is 1.38. The molecule has 0 aliphatic carbocycles. The number of ether oxygens (including phenoxy) is 2. The van der Waals surface area contributed by atoms with Gasteiger partial charge in [0.2, 0.25) is 5.75 Å². The van der Waals surface area contributed by atoms with Crippen molar-refractivity contribution in [2.75, 3.05) is 13.7 Å². The summed E-state index contributed by atoms with van der Waals surface area (Å²) in [6.45, 7) is 7.43. The number of fused-ring (bicyclic) bond motifs is 1. The van der Waals surface area contributed by atoms with Crippen molar-refractivity contribution in [2.24, 2.45) is 5.10 Å². The Morgan fingerprint density at radius 3 is 2.72 bits per heavy atom. The van der Waals surface area contributed by atoms with Crippen molar-refractivity contribution >= 4 is 38.7 Å². The smallest absolute Gasteiger partial charge is 0.315 e. The van der Waals surface area contributed by atoms with E-state index in [-0.39, 0.29) is 35.3 Å². The van der Waals surface area contributed by atoms with Crippen LogP contribution in [0.1, 0.15) is 31.2 Å². The van der Waals surface area contributed by atoms with E-state index >= 15 is 0 Å². The number of nitro groups is 1. The van der Waals surface area contributed by atoms with E-state index in [9.17, 15) is 14.9 Å². The molecule has 0 saturated heterocycles. The Morgan fingerprint density at radius 1 is 1.34 bits per heavy atom. The van der Waals surface area contributed by atoms with Gasteiger partial charge in [-0.25, -0.2) is 4.98 Å². The van der Waals surface area contributed by atoms with Crippen molar-refractivity contribution < 1.29 is 14.4 Å². The van der Waals surface area contributed by atoms with Crippen molar-refractivity contribution in [3.63, 3.8) is 0 Å². The summed E-state index contributed by atoms with van der Waals surface area (Å²) in [6.07, 6.45) is 2.83. The lowest BCUT2D eigenvalue weighted by Gasteiger charge is -2.12. The van der Waals surface area contributed by atoms with Gasteiger partial charge in [-0.05, 0) is 24.3 Å². The molecular weight excluding hydrogens is 480 g/mol. The molecule has 0 fully saturated rings. The molecule has 0 amide bonds. The number of benzene rings is 2. The van der Waals surface area contributed by atoms with Crippen molar-refractivity contribution in [1.29, 1.82) is 0 Å². The molecule has 0 aliphatic rings. The Hall–Kier alpha value is -3.53. The quantitative estimate of drug-likeness (QED) is 0.193. The molecule has 9 nitrogen and oxygen atoms in total. The topological polar surface area (TPSA) is 109 Å². The standard InChI is InChI=1S/C22H21BrN4O5/c1-5-8-32-20-18(27(29)30)9-14(10-19(20)31-4)12-24-26-21(13(2)3)25-17-7-6-15(23)11-16(17)22(26)28/h5-7,9-13H,1,8H2,2-4H3. The lowest BCUT2D eigenvalue weighted by molar-refractivity contribution is -0.385. The van der Waals surface area contributed by atoms with Crippen molar-refractivity contribution in [2.45, 2.75) is 19.8 Å². The second kappa shape index (κ2) is 9.73. The minimum absolute atomic E-state index is 0.00758. The van der Waals surface area contributed by atoms with Gasteiger partial charge in [0.05, 0.1) is 29.2 Å². The first-order valence-electron chi connectivity index (χ1n) is 9.63. The second-order valence-electron chi connectivity index (χ2n) is 7.08. The molecule has 10 heteroatoms. The van der Waals surface area contributed by atoms with Gasteiger partial charge >= 0.3 is 5.69 Å². The van der Waals surface area contributed by atoms with Crippen LogP contribution in [0.15, 0.2) is 57.4 Å². The number of nitrogens with zero attached hydrogens (tertiary/aromatic N) is 4. The van der Waals surface area contributed by atoms with Gasteiger partial charge in [-0.3, -0.25) is 14.9 Å². The van der Waals surface area contributed by atoms with Gasteiger partial charge in [-0.1, -0.05) is 42.4 Å². The summed E-state index contributed by atoms with van der Waals surface area (Å²) in [5.41, 5.74) is 0.290. The first-order valence-corrected chi connectivity index (χ1v) is 10.4. The number of rotatable bonds is 8. The molecule has 3 rings (SSSR count). The van der Waals surface area contributed by atoms with Crippen molar-refractivity contribution in [3.05, 3.63) is 79.3 Å². The fourth-order valence-electron chi connectivity index (χ4n) is 3.03. The average Bonchev–Trinajstić information content (AvgIpc) is 2.76. The van der Waals surface area contributed by atoms with Crippen LogP contribution in [0.3, 0.4) is 0 Å². The lowest BCUT2D eigenvalue weighted by Crippen LogP contribution is -2.23. The molecule has 1 aromatic heterocycles. The molecule has 0 N–H and O–H groups in total. The number of nitro benzene ring substituents is 1. The van der Waals surface area contributed by atoms with Gasteiger partial charge in [0.25, 0.3) is 5.56 Å². The summed E-state index contributed by atoms with van der Waals surface area (Å²) < 4.78 is 12.6. The fraction of sp³-hybridized carbons (Fsp3) is 0.227. The number of hydrogen-bond donors (Lipinski definition) is 0. The molecule has 0 spiro atoms. The highest BCUT2D eigenvalue weighted by molar-refractivity contribution is 9.10. The Balaban J connectivity index is 2.16. The molecule has 1 heterocycles. The molecule has 0 saturated carbocycles. The summed E-state index contributed by atoms with van der Waals surface area (Å²) in [5, 5.41) is 16.3. The van der Waals surface area contributed by atoms with Gasteiger partial charge in [-0.15, -0.1) is 0 Å². The molecule has 0 bridgehead atoms. The van der Waals surface area contributed by atoms with Crippen LogP contribution in [-0.4, -0.2) is 34.5 Å². The van der Waals surface area contributed by atoms with E-state index in [1.807, 2.05) is 19.9 Å². The van der Waals surface area contributed by atoms with E-state index in [2.05, 4.69) is 32.6 Å². The normalized spacial score (nSPS) is 11.3. The molecule has 166 valence electrons. The van der Waals surface area contributed by atoms with Gasteiger partial charge < -0.3 is 9.47 Å². The maximum Gasteiger partial charge on any atom is 0.315 e. The van der Waals surface area contributed by atoms with Gasteiger partial charge in [0, 0.05) is 22.0 Å². The van der Waals surface area contributed by atoms with E-state index in [0.29, 0.717) is 22.3 Å².